The van der Waals surface area contributed by atoms with Crippen molar-refractivity contribution in [2.45, 2.75) is 39.3 Å². The molecule has 1 aromatic carbocycles. The molecule has 1 N–H and O–H groups in total. The lowest BCUT2D eigenvalue weighted by atomic mass is 10.1. The molecule has 0 bridgehead atoms. The zero-order chi connectivity index (χ0) is 13.0. The van der Waals surface area contributed by atoms with Gasteiger partial charge in [0.25, 0.3) is 0 Å². The van der Waals surface area contributed by atoms with Gasteiger partial charge in [0.15, 0.2) is 0 Å². The highest BCUT2D eigenvalue weighted by atomic mass is 16.5. The minimum Gasteiger partial charge on any atom is -0.380 e. The Morgan fingerprint density at radius 3 is 2.39 bits per heavy atom. The third kappa shape index (κ3) is 2.96. The average Bonchev–Trinajstić information content (AvgIpc) is 2.79. The third-order valence-corrected chi connectivity index (χ3v) is 3.72. The van der Waals surface area contributed by atoms with Gasteiger partial charge in [0.05, 0.1) is 12.1 Å². The average molecular weight is 248 g/mol. The topological polar surface area (TPSA) is 24.5 Å². The molecule has 0 aliphatic carbocycles. The van der Waals surface area contributed by atoms with Crippen LogP contribution < -0.4 is 10.2 Å². The molecule has 2 rings (SSSR count). The Hall–Kier alpha value is -1.22. The van der Waals surface area contributed by atoms with Gasteiger partial charge >= 0.3 is 0 Å². The molecule has 1 aromatic rings. The highest BCUT2D eigenvalue weighted by molar-refractivity contribution is 5.55. The van der Waals surface area contributed by atoms with E-state index in [-0.39, 0.29) is 0 Å². The maximum absolute atomic E-state index is 5.56. The van der Waals surface area contributed by atoms with Crippen LogP contribution >= 0.6 is 0 Å². The lowest BCUT2D eigenvalue weighted by Gasteiger charge is -2.22. The summed E-state index contributed by atoms with van der Waals surface area (Å²) in [6.45, 7) is 9.49. The number of anilines is 2. The van der Waals surface area contributed by atoms with Crippen LogP contribution in [-0.4, -0.2) is 31.8 Å². The second-order valence-electron chi connectivity index (χ2n) is 4.83. The summed E-state index contributed by atoms with van der Waals surface area (Å²) in [4.78, 5) is 2.35. The van der Waals surface area contributed by atoms with Gasteiger partial charge in [-0.3, -0.25) is 0 Å². The van der Waals surface area contributed by atoms with Gasteiger partial charge in [-0.15, -0.1) is 0 Å². The first kappa shape index (κ1) is 13.2. The molecule has 18 heavy (non-hydrogen) atoms. The summed E-state index contributed by atoms with van der Waals surface area (Å²) in [6.07, 6.45) is 1.41. The van der Waals surface area contributed by atoms with Gasteiger partial charge in [-0.2, -0.15) is 0 Å². The molecule has 0 aromatic heterocycles. The van der Waals surface area contributed by atoms with Crippen LogP contribution in [0.4, 0.5) is 11.4 Å². The monoisotopic (exact) mass is 248 g/mol. The van der Waals surface area contributed by atoms with Crippen LogP contribution in [0.15, 0.2) is 24.3 Å². The fourth-order valence-corrected chi connectivity index (χ4v) is 2.49. The first-order valence-corrected chi connectivity index (χ1v) is 6.97. The smallest absolute Gasteiger partial charge is 0.0748 e. The summed E-state index contributed by atoms with van der Waals surface area (Å²) in [5, 5.41) is 3.55. The Balaban J connectivity index is 1.99. The lowest BCUT2D eigenvalue weighted by molar-refractivity contribution is 0.121. The molecule has 1 aliphatic rings. The standard InChI is InChI=1S/C15H24N2O/c1-4-17(5-2)14-8-6-13(7-9-14)16-15-10-11-18-12(15)3/h6-9,12,15-16H,4-5,10-11H2,1-3H3. The molecule has 2 unspecified atom stereocenters. The first-order valence-electron chi connectivity index (χ1n) is 6.97. The van der Waals surface area contributed by atoms with Crippen molar-refractivity contribution < 1.29 is 4.74 Å². The fraction of sp³-hybridized carbons (Fsp3) is 0.600. The number of hydrogen-bond acceptors (Lipinski definition) is 3. The molecule has 0 radical (unpaired) electrons. The summed E-state index contributed by atoms with van der Waals surface area (Å²) < 4.78 is 5.56. The molecule has 0 spiro atoms. The predicted octanol–water partition coefficient (Wildman–Crippen LogP) is 3.12. The van der Waals surface area contributed by atoms with Crippen LogP contribution in [0.2, 0.25) is 0 Å². The van der Waals surface area contributed by atoms with Crippen molar-refractivity contribution in [3.8, 4) is 0 Å². The van der Waals surface area contributed by atoms with Gasteiger partial charge in [-0.1, -0.05) is 0 Å². The van der Waals surface area contributed by atoms with Gasteiger partial charge in [0.2, 0.25) is 0 Å². The molecule has 0 saturated carbocycles. The van der Waals surface area contributed by atoms with Crippen molar-refractivity contribution in [1.29, 1.82) is 0 Å². The van der Waals surface area contributed by atoms with Crippen molar-refractivity contribution in [2.75, 3.05) is 29.9 Å². The van der Waals surface area contributed by atoms with E-state index >= 15 is 0 Å². The third-order valence-electron chi connectivity index (χ3n) is 3.72. The first-order chi connectivity index (χ1) is 8.74. The number of nitrogens with zero attached hydrogens (tertiary/aromatic N) is 1. The molecule has 100 valence electrons. The summed E-state index contributed by atoms with van der Waals surface area (Å²) >= 11 is 0. The van der Waals surface area contributed by atoms with Crippen LogP contribution in [0.25, 0.3) is 0 Å². The minimum atomic E-state index is 0.312. The largest absolute Gasteiger partial charge is 0.380 e. The van der Waals surface area contributed by atoms with E-state index in [0.29, 0.717) is 12.1 Å². The number of benzene rings is 1. The van der Waals surface area contributed by atoms with E-state index in [1.165, 1.54) is 11.4 Å². The minimum absolute atomic E-state index is 0.312. The van der Waals surface area contributed by atoms with Gasteiger partial charge in [-0.25, -0.2) is 0 Å². The van der Waals surface area contributed by atoms with Crippen molar-refractivity contribution in [3.05, 3.63) is 24.3 Å². The maximum Gasteiger partial charge on any atom is 0.0748 e. The van der Waals surface area contributed by atoms with Crippen molar-refractivity contribution in [3.63, 3.8) is 0 Å². The molecule has 2 atom stereocenters. The number of nitrogens with one attached hydrogen (secondary N) is 1. The second-order valence-corrected chi connectivity index (χ2v) is 4.83. The van der Waals surface area contributed by atoms with Gasteiger partial charge in [0.1, 0.15) is 0 Å². The van der Waals surface area contributed by atoms with E-state index in [1.54, 1.807) is 0 Å². The molecule has 1 fully saturated rings. The Morgan fingerprint density at radius 1 is 1.22 bits per heavy atom. The van der Waals surface area contributed by atoms with E-state index in [0.717, 1.165) is 26.1 Å². The van der Waals surface area contributed by atoms with Crippen LogP contribution in [0.5, 0.6) is 0 Å². The highest BCUT2D eigenvalue weighted by Crippen LogP contribution is 2.21. The van der Waals surface area contributed by atoms with Crippen LogP contribution in [0, 0.1) is 0 Å². The van der Waals surface area contributed by atoms with Crippen molar-refractivity contribution in [2.24, 2.45) is 0 Å². The van der Waals surface area contributed by atoms with Crippen molar-refractivity contribution >= 4 is 11.4 Å². The summed E-state index contributed by atoms with van der Waals surface area (Å²) in [6, 6.07) is 9.16. The van der Waals surface area contributed by atoms with Gasteiger partial charge in [-0.05, 0) is 51.5 Å². The molecular formula is C15H24N2O. The molecule has 3 heteroatoms. The van der Waals surface area contributed by atoms with Crippen molar-refractivity contribution in [1.82, 2.24) is 0 Å². The van der Waals surface area contributed by atoms with E-state index in [1.807, 2.05) is 0 Å². The van der Waals surface area contributed by atoms with E-state index in [4.69, 9.17) is 4.74 Å². The molecule has 1 heterocycles. The predicted molar refractivity (Wildman–Crippen MR) is 77.4 cm³/mol. The molecule has 0 amide bonds. The lowest BCUT2D eigenvalue weighted by Crippen LogP contribution is -2.26. The van der Waals surface area contributed by atoms with E-state index in [2.05, 4.69) is 55.3 Å². The molecule has 1 saturated heterocycles. The van der Waals surface area contributed by atoms with Gasteiger partial charge < -0.3 is 15.0 Å². The zero-order valence-corrected chi connectivity index (χ0v) is 11.6. The SMILES string of the molecule is CCN(CC)c1ccc(NC2CCOC2C)cc1. The normalized spacial score (nSPS) is 23.1. The summed E-state index contributed by atoms with van der Waals surface area (Å²) in [5.41, 5.74) is 2.48. The second kappa shape index (κ2) is 6.10. The van der Waals surface area contributed by atoms with E-state index < -0.39 is 0 Å². The Kier molecular flexibility index (Phi) is 4.48. The number of rotatable bonds is 5. The van der Waals surface area contributed by atoms with Crippen LogP contribution in [0.3, 0.4) is 0 Å². The van der Waals surface area contributed by atoms with Crippen LogP contribution in [0.1, 0.15) is 27.2 Å². The maximum atomic E-state index is 5.56. The number of hydrogen-bond donors (Lipinski definition) is 1. The van der Waals surface area contributed by atoms with Gasteiger partial charge in [0, 0.05) is 31.1 Å². The zero-order valence-electron chi connectivity index (χ0n) is 11.6. The molecule has 1 aliphatic heterocycles. The number of ether oxygens (including phenoxy) is 1. The summed E-state index contributed by atoms with van der Waals surface area (Å²) in [7, 11) is 0. The summed E-state index contributed by atoms with van der Waals surface area (Å²) in [5.74, 6) is 0. The quantitative estimate of drug-likeness (QED) is 0.866. The molecule has 3 nitrogen and oxygen atoms in total. The fourth-order valence-electron chi connectivity index (χ4n) is 2.49. The van der Waals surface area contributed by atoms with Crippen LogP contribution in [-0.2, 0) is 4.74 Å². The Bertz CT molecular complexity index is 359. The van der Waals surface area contributed by atoms with E-state index in [9.17, 15) is 0 Å². The molecular weight excluding hydrogens is 224 g/mol. The Morgan fingerprint density at radius 2 is 1.89 bits per heavy atom. The Labute approximate surface area is 110 Å². The highest BCUT2D eigenvalue weighted by Gasteiger charge is 2.23.